The maximum absolute atomic E-state index is 12.5. The van der Waals surface area contributed by atoms with Crippen LogP contribution in [-0.4, -0.2) is 22.4 Å². The molecule has 0 atom stereocenters. The Morgan fingerprint density at radius 2 is 1.82 bits per heavy atom. The molecule has 0 radical (unpaired) electrons. The van der Waals surface area contributed by atoms with E-state index in [4.69, 9.17) is 6.42 Å². The third kappa shape index (κ3) is 5.28. The fourth-order valence-electron chi connectivity index (χ4n) is 3.67. The van der Waals surface area contributed by atoms with E-state index < -0.39 is 0 Å². The molecule has 6 heteroatoms. The Hall–Kier alpha value is -4.37. The summed E-state index contributed by atoms with van der Waals surface area (Å²) in [5, 5.41) is 3.48. The summed E-state index contributed by atoms with van der Waals surface area (Å²) in [7, 11) is 0. The van der Waals surface area contributed by atoms with Crippen molar-refractivity contribution in [1.29, 1.82) is 0 Å². The molecule has 0 aliphatic heterocycles. The van der Waals surface area contributed by atoms with Gasteiger partial charge in [-0.15, -0.1) is 6.42 Å². The highest BCUT2D eigenvalue weighted by atomic mass is 16.1. The molecule has 0 saturated heterocycles. The first-order chi connectivity index (χ1) is 16.0. The maximum atomic E-state index is 12.5. The molecule has 164 valence electrons. The first-order valence-corrected chi connectivity index (χ1v) is 10.6. The topological polar surface area (TPSA) is 78.1 Å². The summed E-state index contributed by atoms with van der Waals surface area (Å²) in [5.41, 5.74) is 3.96. The van der Waals surface area contributed by atoms with Crippen molar-refractivity contribution in [2.75, 3.05) is 11.4 Å². The van der Waals surface area contributed by atoms with Crippen LogP contribution in [0.2, 0.25) is 0 Å². The predicted molar refractivity (Wildman–Crippen MR) is 131 cm³/mol. The van der Waals surface area contributed by atoms with Crippen LogP contribution < -0.4 is 15.8 Å². The Bertz CT molecular complexity index is 1370. The number of aromatic amines is 1. The van der Waals surface area contributed by atoms with Crippen molar-refractivity contribution in [2.45, 2.75) is 20.0 Å². The number of carbonyl (C=O) groups excluding carboxylic acids is 1. The zero-order chi connectivity index (χ0) is 23.2. The van der Waals surface area contributed by atoms with Crippen molar-refractivity contribution in [3.63, 3.8) is 0 Å². The number of fused-ring (bicyclic) bond motifs is 1. The summed E-state index contributed by atoms with van der Waals surface area (Å²) in [5.74, 6) is 3.14. The standard InChI is InChI=1S/C27H24N4O2/c1-3-15-31(18-21-9-14-25-24(16-21)27(33)30-19(2)29-25)23-12-10-22(11-13-23)26(32)28-17-20-7-5-4-6-8-20/h1,4-14,16H,15,17-18H2,2H3,(H,28,32)(H,29,30,33). The summed E-state index contributed by atoms with van der Waals surface area (Å²) in [4.78, 5) is 33.9. The van der Waals surface area contributed by atoms with Gasteiger partial charge in [-0.3, -0.25) is 9.59 Å². The lowest BCUT2D eigenvalue weighted by atomic mass is 10.1. The molecule has 0 bridgehead atoms. The van der Waals surface area contributed by atoms with E-state index in [0.29, 0.717) is 41.9 Å². The van der Waals surface area contributed by atoms with E-state index in [-0.39, 0.29) is 11.5 Å². The van der Waals surface area contributed by atoms with E-state index in [2.05, 4.69) is 21.2 Å². The second-order valence-electron chi connectivity index (χ2n) is 7.78. The van der Waals surface area contributed by atoms with Gasteiger partial charge in [0.2, 0.25) is 0 Å². The van der Waals surface area contributed by atoms with E-state index in [0.717, 1.165) is 16.8 Å². The summed E-state index contributed by atoms with van der Waals surface area (Å²) < 4.78 is 0. The Labute approximate surface area is 192 Å². The fraction of sp³-hybridized carbons (Fsp3) is 0.148. The second kappa shape index (κ2) is 9.84. The highest BCUT2D eigenvalue weighted by molar-refractivity contribution is 5.94. The molecule has 1 heterocycles. The van der Waals surface area contributed by atoms with Crippen LogP contribution >= 0.6 is 0 Å². The number of benzene rings is 3. The molecule has 0 saturated carbocycles. The quantitative estimate of drug-likeness (QED) is 0.432. The average Bonchev–Trinajstić information content (AvgIpc) is 2.83. The molecular weight excluding hydrogens is 412 g/mol. The number of rotatable bonds is 7. The Morgan fingerprint density at radius 1 is 1.06 bits per heavy atom. The molecule has 3 aromatic carbocycles. The van der Waals surface area contributed by atoms with Crippen LogP contribution in [0.3, 0.4) is 0 Å². The Balaban J connectivity index is 1.49. The van der Waals surface area contributed by atoms with Crippen LogP contribution in [0.15, 0.2) is 77.6 Å². The number of carbonyl (C=O) groups is 1. The monoisotopic (exact) mass is 436 g/mol. The van der Waals surface area contributed by atoms with Crippen LogP contribution in [0.25, 0.3) is 10.9 Å². The predicted octanol–water partition coefficient (Wildman–Crippen LogP) is 3.80. The first-order valence-electron chi connectivity index (χ1n) is 10.6. The molecule has 4 rings (SSSR count). The van der Waals surface area contributed by atoms with Crippen molar-refractivity contribution < 1.29 is 4.79 Å². The molecule has 0 spiro atoms. The molecule has 0 unspecified atom stereocenters. The summed E-state index contributed by atoms with van der Waals surface area (Å²) >= 11 is 0. The van der Waals surface area contributed by atoms with Crippen molar-refractivity contribution >= 4 is 22.5 Å². The maximum Gasteiger partial charge on any atom is 0.258 e. The fourth-order valence-corrected chi connectivity index (χ4v) is 3.67. The molecule has 4 aromatic rings. The minimum Gasteiger partial charge on any atom is -0.356 e. The lowest BCUT2D eigenvalue weighted by Crippen LogP contribution is -2.24. The van der Waals surface area contributed by atoms with Crippen LogP contribution in [0.4, 0.5) is 5.69 Å². The third-order valence-corrected chi connectivity index (χ3v) is 5.33. The van der Waals surface area contributed by atoms with Gasteiger partial charge < -0.3 is 15.2 Å². The van der Waals surface area contributed by atoms with Gasteiger partial charge in [0.25, 0.3) is 11.5 Å². The third-order valence-electron chi connectivity index (χ3n) is 5.33. The number of nitrogens with one attached hydrogen (secondary N) is 2. The van der Waals surface area contributed by atoms with E-state index in [1.807, 2.05) is 65.6 Å². The van der Waals surface area contributed by atoms with Gasteiger partial charge in [-0.2, -0.15) is 0 Å². The van der Waals surface area contributed by atoms with Crippen LogP contribution in [0, 0.1) is 19.3 Å². The summed E-state index contributed by atoms with van der Waals surface area (Å²) in [6.45, 7) is 3.14. The number of hydrogen-bond donors (Lipinski definition) is 2. The van der Waals surface area contributed by atoms with Gasteiger partial charge in [0.1, 0.15) is 5.82 Å². The summed E-state index contributed by atoms with van der Waals surface area (Å²) in [6, 6.07) is 22.8. The Morgan fingerprint density at radius 3 is 2.55 bits per heavy atom. The van der Waals surface area contributed by atoms with E-state index in [1.54, 1.807) is 19.1 Å². The van der Waals surface area contributed by atoms with Crippen molar-refractivity contribution in [3.8, 4) is 12.3 Å². The molecule has 1 aromatic heterocycles. The van der Waals surface area contributed by atoms with Crippen LogP contribution in [0.5, 0.6) is 0 Å². The number of terminal acetylenes is 1. The van der Waals surface area contributed by atoms with E-state index in [1.165, 1.54) is 0 Å². The molecule has 0 aliphatic carbocycles. The van der Waals surface area contributed by atoms with Gasteiger partial charge in [0.05, 0.1) is 17.4 Å². The molecular formula is C27H24N4O2. The molecule has 1 amide bonds. The summed E-state index contributed by atoms with van der Waals surface area (Å²) in [6.07, 6.45) is 5.60. The Kier molecular flexibility index (Phi) is 6.51. The van der Waals surface area contributed by atoms with Crippen molar-refractivity contribution in [3.05, 3.63) is 106 Å². The minimum atomic E-state index is -0.159. The lowest BCUT2D eigenvalue weighted by Gasteiger charge is -2.23. The van der Waals surface area contributed by atoms with Crippen molar-refractivity contribution in [1.82, 2.24) is 15.3 Å². The number of amides is 1. The minimum absolute atomic E-state index is 0.134. The highest BCUT2D eigenvalue weighted by Gasteiger charge is 2.11. The molecule has 6 nitrogen and oxygen atoms in total. The van der Waals surface area contributed by atoms with Gasteiger partial charge in [-0.1, -0.05) is 42.3 Å². The van der Waals surface area contributed by atoms with Gasteiger partial charge in [-0.25, -0.2) is 4.98 Å². The zero-order valence-corrected chi connectivity index (χ0v) is 18.3. The zero-order valence-electron chi connectivity index (χ0n) is 18.3. The number of anilines is 1. The molecule has 33 heavy (non-hydrogen) atoms. The van der Waals surface area contributed by atoms with Gasteiger partial charge in [0.15, 0.2) is 0 Å². The van der Waals surface area contributed by atoms with Crippen LogP contribution in [0.1, 0.15) is 27.3 Å². The first kappa shape index (κ1) is 21.8. The normalized spacial score (nSPS) is 10.5. The number of H-pyrrole nitrogens is 1. The smallest absolute Gasteiger partial charge is 0.258 e. The van der Waals surface area contributed by atoms with Crippen LogP contribution in [-0.2, 0) is 13.1 Å². The lowest BCUT2D eigenvalue weighted by molar-refractivity contribution is 0.0951. The largest absolute Gasteiger partial charge is 0.356 e. The van der Waals surface area contributed by atoms with Gasteiger partial charge >= 0.3 is 0 Å². The average molecular weight is 437 g/mol. The number of nitrogens with zero attached hydrogens (tertiary/aromatic N) is 2. The number of aryl methyl sites for hydroxylation is 1. The SMILES string of the molecule is C#CCN(Cc1ccc2nc(C)[nH]c(=O)c2c1)c1ccc(C(=O)NCc2ccccc2)cc1. The molecule has 0 fully saturated rings. The molecule has 2 N–H and O–H groups in total. The number of aromatic nitrogens is 2. The van der Waals surface area contributed by atoms with E-state index >= 15 is 0 Å². The number of hydrogen-bond acceptors (Lipinski definition) is 4. The van der Waals surface area contributed by atoms with Gasteiger partial charge in [0, 0.05) is 24.3 Å². The molecule has 0 aliphatic rings. The van der Waals surface area contributed by atoms with Crippen molar-refractivity contribution in [2.24, 2.45) is 0 Å². The highest BCUT2D eigenvalue weighted by Crippen LogP contribution is 2.20. The van der Waals surface area contributed by atoms with Gasteiger partial charge in [-0.05, 0) is 54.4 Å². The second-order valence-corrected chi connectivity index (χ2v) is 7.78. The van der Waals surface area contributed by atoms with E-state index in [9.17, 15) is 9.59 Å².